The van der Waals surface area contributed by atoms with Crippen molar-refractivity contribution in [3.05, 3.63) is 40.8 Å². The lowest BCUT2D eigenvalue weighted by Crippen LogP contribution is -2.10. The van der Waals surface area contributed by atoms with Gasteiger partial charge in [0, 0.05) is 11.3 Å². The van der Waals surface area contributed by atoms with E-state index in [9.17, 15) is 9.90 Å². The largest absolute Gasteiger partial charge is 0.506 e. The van der Waals surface area contributed by atoms with Crippen molar-refractivity contribution in [2.24, 2.45) is 5.92 Å². The molecule has 0 fully saturated rings. The Kier molecular flexibility index (Phi) is 4.24. The number of carbonyl (C=O) groups excluding carboxylic acids is 1. The fraction of sp³-hybridized carbons (Fsp3) is 0.389. The Morgan fingerprint density at radius 1 is 1.14 bits per heavy atom. The minimum absolute atomic E-state index is 0.0127. The average Bonchev–Trinajstić information content (AvgIpc) is 2.78. The first-order valence-electron chi connectivity index (χ1n) is 7.17. The molecular weight excluding hydrogens is 280 g/mol. The minimum Gasteiger partial charge on any atom is -0.506 e. The molecule has 0 amide bonds. The number of hydrogen-bond donors (Lipinski definition) is 1. The van der Waals surface area contributed by atoms with E-state index in [-0.39, 0.29) is 22.9 Å². The van der Waals surface area contributed by atoms with Gasteiger partial charge in [0.05, 0.1) is 10.4 Å². The first-order chi connectivity index (χ1) is 9.71. The molecule has 0 aliphatic heterocycles. The summed E-state index contributed by atoms with van der Waals surface area (Å²) in [6, 6.07) is 8.18. The third-order valence-electron chi connectivity index (χ3n) is 3.57. The van der Waals surface area contributed by atoms with Crippen LogP contribution in [0.15, 0.2) is 29.6 Å². The van der Waals surface area contributed by atoms with Gasteiger partial charge in [-0.25, -0.2) is 0 Å². The summed E-state index contributed by atoms with van der Waals surface area (Å²) >= 11 is 1.42. The van der Waals surface area contributed by atoms with Crippen LogP contribution in [-0.4, -0.2) is 10.9 Å². The van der Waals surface area contributed by atoms with E-state index in [0.717, 1.165) is 10.4 Å². The fourth-order valence-electron chi connectivity index (χ4n) is 2.16. The lowest BCUT2D eigenvalue weighted by atomic mass is 9.86. The summed E-state index contributed by atoms with van der Waals surface area (Å²) in [6.45, 7) is 10.2. The van der Waals surface area contributed by atoms with Crippen LogP contribution in [0, 0.1) is 5.92 Å². The second kappa shape index (κ2) is 5.64. The van der Waals surface area contributed by atoms with Gasteiger partial charge in [-0.3, -0.25) is 4.79 Å². The normalized spacial score (nSPS) is 11.9. The zero-order valence-corrected chi connectivity index (χ0v) is 14.0. The van der Waals surface area contributed by atoms with Crippen LogP contribution in [0.3, 0.4) is 0 Å². The highest BCUT2D eigenvalue weighted by atomic mass is 32.1. The maximum Gasteiger partial charge on any atom is 0.169 e. The molecule has 2 aromatic rings. The van der Waals surface area contributed by atoms with Gasteiger partial charge in [-0.1, -0.05) is 58.9 Å². The highest BCUT2D eigenvalue weighted by Crippen LogP contribution is 2.39. The zero-order valence-electron chi connectivity index (χ0n) is 13.2. The highest BCUT2D eigenvalue weighted by Gasteiger charge is 2.21. The first kappa shape index (κ1) is 15.8. The van der Waals surface area contributed by atoms with Crippen LogP contribution in [0.1, 0.15) is 50.5 Å². The number of Topliss-reactive ketones (excluding diaryl/α,β-unsaturated/α-hetero) is 1. The number of carbonyl (C=O) groups is 1. The molecule has 0 radical (unpaired) electrons. The molecule has 3 heteroatoms. The van der Waals surface area contributed by atoms with Crippen molar-refractivity contribution in [2.45, 2.75) is 40.0 Å². The minimum atomic E-state index is -0.110. The molecule has 1 N–H and O–H groups in total. The van der Waals surface area contributed by atoms with Crippen LogP contribution in [0.2, 0.25) is 0 Å². The number of thiophene rings is 1. The number of hydrogen-bond acceptors (Lipinski definition) is 3. The third kappa shape index (κ3) is 3.18. The standard InChI is InChI=1S/C18H22O2S/c1-11(2)15(19)14-10-21-17(16(14)20)12-6-8-13(9-7-12)18(3,4)5/h6-11,20H,1-5H3. The molecule has 0 atom stereocenters. The molecule has 0 bridgehead atoms. The van der Waals surface area contributed by atoms with Crippen LogP contribution in [0.5, 0.6) is 5.75 Å². The Balaban J connectivity index is 2.38. The van der Waals surface area contributed by atoms with Gasteiger partial charge in [0.15, 0.2) is 5.78 Å². The lowest BCUT2D eigenvalue weighted by Gasteiger charge is -2.19. The molecule has 2 rings (SSSR count). The first-order valence-corrected chi connectivity index (χ1v) is 8.05. The molecule has 0 spiro atoms. The summed E-state index contributed by atoms with van der Waals surface area (Å²) in [5, 5.41) is 12.1. The molecule has 1 heterocycles. The maximum atomic E-state index is 12.0. The van der Waals surface area contributed by atoms with E-state index in [1.165, 1.54) is 16.9 Å². The number of rotatable bonds is 3. The van der Waals surface area contributed by atoms with Crippen molar-refractivity contribution in [3.8, 4) is 16.2 Å². The molecule has 0 aliphatic carbocycles. The number of ketones is 1. The Hall–Kier alpha value is -1.61. The summed E-state index contributed by atoms with van der Waals surface area (Å²) in [6.07, 6.45) is 0. The van der Waals surface area contributed by atoms with Crippen molar-refractivity contribution in [3.63, 3.8) is 0 Å². The second-order valence-electron chi connectivity index (χ2n) is 6.67. The van der Waals surface area contributed by atoms with E-state index >= 15 is 0 Å². The summed E-state index contributed by atoms with van der Waals surface area (Å²) in [4.78, 5) is 12.8. The summed E-state index contributed by atoms with van der Waals surface area (Å²) in [5.41, 5.74) is 2.74. The van der Waals surface area contributed by atoms with Gasteiger partial charge >= 0.3 is 0 Å². The van der Waals surface area contributed by atoms with Crippen molar-refractivity contribution in [1.29, 1.82) is 0 Å². The predicted molar refractivity (Wildman–Crippen MR) is 89.3 cm³/mol. The van der Waals surface area contributed by atoms with Crippen molar-refractivity contribution < 1.29 is 9.90 Å². The average molecular weight is 302 g/mol. The van der Waals surface area contributed by atoms with E-state index < -0.39 is 0 Å². The van der Waals surface area contributed by atoms with Gasteiger partial charge in [-0.15, -0.1) is 11.3 Å². The molecule has 2 nitrogen and oxygen atoms in total. The molecular formula is C18H22O2S. The molecule has 1 aromatic carbocycles. The Morgan fingerprint density at radius 2 is 1.71 bits per heavy atom. The quantitative estimate of drug-likeness (QED) is 0.785. The monoisotopic (exact) mass is 302 g/mol. The molecule has 0 aliphatic rings. The van der Waals surface area contributed by atoms with Crippen LogP contribution < -0.4 is 0 Å². The fourth-order valence-corrected chi connectivity index (χ4v) is 3.12. The summed E-state index contributed by atoms with van der Waals surface area (Å²) in [7, 11) is 0. The van der Waals surface area contributed by atoms with Crippen molar-refractivity contribution in [1.82, 2.24) is 0 Å². The van der Waals surface area contributed by atoms with Crippen molar-refractivity contribution >= 4 is 17.1 Å². The number of benzene rings is 1. The SMILES string of the molecule is CC(C)C(=O)c1csc(-c2ccc(C(C)(C)C)cc2)c1O. The van der Waals surface area contributed by atoms with E-state index in [1.54, 1.807) is 5.38 Å². The van der Waals surface area contributed by atoms with Crippen LogP contribution in [0.4, 0.5) is 0 Å². The molecule has 21 heavy (non-hydrogen) atoms. The predicted octanol–water partition coefficient (Wildman–Crippen LogP) is 5.26. The highest BCUT2D eigenvalue weighted by molar-refractivity contribution is 7.14. The molecule has 0 saturated heterocycles. The van der Waals surface area contributed by atoms with Gasteiger partial charge < -0.3 is 5.11 Å². The van der Waals surface area contributed by atoms with Gasteiger partial charge in [0.1, 0.15) is 5.75 Å². The van der Waals surface area contributed by atoms with E-state index in [2.05, 4.69) is 32.9 Å². The van der Waals surface area contributed by atoms with Crippen LogP contribution >= 0.6 is 11.3 Å². The molecule has 1 aromatic heterocycles. The molecule has 112 valence electrons. The van der Waals surface area contributed by atoms with Crippen LogP contribution in [0.25, 0.3) is 10.4 Å². The Bertz CT molecular complexity index is 643. The lowest BCUT2D eigenvalue weighted by molar-refractivity contribution is 0.0937. The van der Waals surface area contributed by atoms with Crippen LogP contribution in [-0.2, 0) is 5.41 Å². The second-order valence-corrected chi connectivity index (χ2v) is 7.55. The third-order valence-corrected chi connectivity index (χ3v) is 4.59. The maximum absolute atomic E-state index is 12.0. The van der Waals surface area contributed by atoms with Crippen molar-refractivity contribution in [2.75, 3.05) is 0 Å². The van der Waals surface area contributed by atoms with E-state index in [4.69, 9.17) is 0 Å². The number of aromatic hydroxyl groups is 1. The van der Waals surface area contributed by atoms with E-state index in [0.29, 0.717) is 5.56 Å². The van der Waals surface area contributed by atoms with Gasteiger partial charge in [0.2, 0.25) is 0 Å². The Morgan fingerprint density at radius 3 is 2.19 bits per heavy atom. The van der Waals surface area contributed by atoms with Gasteiger partial charge in [-0.2, -0.15) is 0 Å². The molecule has 0 saturated carbocycles. The van der Waals surface area contributed by atoms with Gasteiger partial charge in [-0.05, 0) is 16.5 Å². The Labute approximate surface area is 130 Å². The topological polar surface area (TPSA) is 37.3 Å². The molecule has 0 unspecified atom stereocenters. The summed E-state index contributed by atoms with van der Waals surface area (Å²) < 4.78 is 0. The zero-order chi connectivity index (χ0) is 15.8. The van der Waals surface area contributed by atoms with Gasteiger partial charge in [0.25, 0.3) is 0 Å². The smallest absolute Gasteiger partial charge is 0.169 e. The summed E-state index contributed by atoms with van der Waals surface area (Å²) in [5.74, 6) is -0.00913. The van der Waals surface area contributed by atoms with E-state index in [1.807, 2.05) is 26.0 Å².